The molecule has 2 heteroatoms. The molecule has 0 aromatic carbocycles. The first kappa shape index (κ1) is 10.2. The van der Waals surface area contributed by atoms with E-state index in [2.05, 4.69) is 18.0 Å². The smallest absolute Gasteiger partial charge is 0.0372 e. The number of hydrogen-bond donors (Lipinski definition) is 1. The van der Waals surface area contributed by atoms with Crippen molar-refractivity contribution < 1.29 is 0 Å². The standard InChI is InChI=1S/C11H18N2/c1-8(6-9(2)12)11-5-4-10(3)13-7-11/h4-5,7-9H,6,12H2,1-3H3. The van der Waals surface area contributed by atoms with E-state index in [4.69, 9.17) is 5.73 Å². The van der Waals surface area contributed by atoms with Crippen molar-refractivity contribution in [3.63, 3.8) is 0 Å². The van der Waals surface area contributed by atoms with Crippen molar-refractivity contribution in [1.29, 1.82) is 0 Å². The molecule has 0 saturated heterocycles. The Kier molecular flexibility index (Phi) is 3.43. The Balaban J connectivity index is 2.66. The van der Waals surface area contributed by atoms with Crippen LogP contribution in [0.25, 0.3) is 0 Å². The fourth-order valence-electron chi connectivity index (χ4n) is 1.46. The molecule has 1 heterocycles. The molecular weight excluding hydrogens is 160 g/mol. The summed E-state index contributed by atoms with van der Waals surface area (Å²) in [5.74, 6) is 0.507. The Labute approximate surface area is 80.2 Å². The van der Waals surface area contributed by atoms with Crippen molar-refractivity contribution in [2.75, 3.05) is 0 Å². The van der Waals surface area contributed by atoms with Crippen LogP contribution < -0.4 is 5.73 Å². The molecule has 0 amide bonds. The molecule has 0 fully saturated rings. The Bertz CT molecular complexity index is 251. The van der Waals surface area contributed by atoms with E-state index in [0.29, 0.717) is 5.92 Å². The second-order valence-corrected chi connectivity index (χ2v) is 3.85. The maximum atomic E-state index is 5.74. The number of aromatic nitrogens is 1. The number of rotatable bonds is 3. The summed E-state index contributed by atoms with van der Waals surface area (Å²) >= 11 is 0. The van der Waals surface area contributed by atoms with E-state index >= 15 is 0 Å². The van der Waals surface area contributed by atoms with Crippen molar-refractivity contribution in [3.8, 4) is 0 Å². The molecule has 0 aliphatic rings. The van der Waals surface area contributed by atoms with E-state index in [1.807, 2.05) is 26.1 Å². The predicted octanol–water partition coefficient (Wildman–Crippen LogP) is 2.23. The summed E-state index contributed by atoms with van der Waals surface area (Å²) in [6, 6.07) is 4.44. The van der Waals surface area contributed by atoms with E-state index in [9.17, 15) is 0 Å². The monoisotopic (exact) mass is 178 g/mol. The van der Waals surface area contributed by atoms with Gasteiger partial charge in [0.15, 0.2) is 0 Å². The van der Waals surface area contributed by atoms with E-state index in [1.165, 1.54) is 5.56 Å². The van der Waals surface area contributed by atoms with Crippen LogP contribution in [0.15, 0.2) is 18.3 Å². The SMILES string of the molecule is Cc1ccc(C(C)CC(C)N)cn1. The fraction of sp³-hybridized carbons (Fsp3) is 0.545. The quantitative estimate of drug-likeness (QED) is 0.771. The van der Waals surface area contributed by atoms with Gasteiger partial charge in [0, 0.05) is 17.9 Å². The molecule has 2 atom stereocenters. The second-order valence-electron chi connectivity index (χ2n) is 3.85. The maximum Gasteiger partial charge on any atom is 0.0372 e. The van der Waals surface area contributed by atoms with Gasteiger partial charge >= 0.3 is 0 Å². The zero-order valence-electron chi connectivity index (χ0n) is 8.62. The average Bonchev–Trinajstić information content (AvgIpc) is 2.04. The highest BCUT2D eigenvalue weighted by molar-refractivity contribution is 5.17. The van der Waals surface area contributed by atoms with Crippen LogP contribution in [0.1, 0.15) is 37.4 Å². The molecule has 1 aromatic rings. The maximum absolute atomic E-state index is 5.74. The highest BCUT2D eigenvalue weighted by atomic mass is 14.7. The zero-order valence-corrected chi connectivity index (χ0v) is 8.62. The molecular formula is C11H18N2. The lowest BCUT2D eigenvalue weighted by Crippen LogP contribution is -2.17. The highest BCUT2D eigenvalue weighted by Gasteiger charge is 2.07. The lowest BCUT2D eigenvalue weighted by Gasteiger charge is -2.13. The number of nitrogens with two attached hydrogens (primary N) is 1. The van der Waals surface area contributed by atoms with Gasteiger partial charge in [-0.1, -0.05) is 13.0 Å². The molecule has 2 unspecified atom stereocenters. The summed E-state index contributed by atoms with van der Waals surface area (Å²) in [5, 5.41) is 0. The van der Waals surface area contributed by atoms with E-state index in [1.54, 1.807) is 0 Å². The molecule has 72 valence electrons. The average molecular weight is 178 g/mol. The Morgan fingerprint density at radius 3 is 2.54 bits per heavy atom. The first-order valence-electron chi connectivity index (χ1n) is 4.77. The van der Waals surface area contributed by atoms with Crippen LogP contribution >= 0.6 is 0 Å². The van der Waals surface area contributed by atoms with Crippen molar-refractivity contribution in [3.05, 3.63) is 29.6 Å². The fourth-order valence-corrected chi connectivity index (χ4v) is 1.46. The van der Waals surface area contributed by atoms with Crippen LogP contribution in [-0.4, -0.2) is 11.0 Å². The minimum atomic E-state index is 0.260. The van der Waals surface area contributed by atoms with Crippen molar-refractivity contribution in [2.45, 2.75) is 39.2 Å². The molecule has 2 N–H and O–H groups in total. The molecule has 2 nitrogen and oxygen atoms in total. The van der Waals surface area contributed by atoms with Gasteiger partial charge in [0.05, 0.1) is 0 Å². The van der Waals surface area contributed by atoms with E-state index in [-0.39, 0.29) is 6.04 Å². The van der Waals surface area contributed by atoms with Gasteiger partial charge < -0.3 is 5.73 Å². The molecule has 1 aromatic heterocycles. The summed E-state index contributed by atoms with van der Waals surface area (Å²) < 4.78 is 0. The first-order valence-corrected chi connectivity index (χ1v) is 4.77. The third-order valence-electron chi connectivity index (χ3n) is 2.23. The van der Waals surface area contributed by atoms with E-state index < -0.39 is 0 Å². The Hall–Kier alpha value is -0.890. The Morgan fingerprint density at radius 1 is 1.38 bits per heavy atom. The van der Waals surface area contributed by atoms with Gasteiger partial charge in [0.2, 0.25) is 0 Å². The number of aryl methyl sites for hydroxylation is 1. The lowest BCUT2D eigenvalue weighted by molar-refractivity contribution is 0.584. The number of hydrogen-bond acceptors (Lipinski definition) is 2. The predicted molar refractivity (Wildman–Crippen MR) is 55.7 cm³/mol. The van der Waals surface area contributed by atoms with Gasteiger partial charge in [-0.25, -0.2) is 0 Å². The highest BCUT2D eigenvalue weighted by Crippen LogP contribution is 2.18. The third kappa shape index (κ3) is 3.15. The van der Waals surface area contributed by atoms with Crippen LogP contribution in [0.4, 0.5) is 0 Å². The zero-order chi connectivity index (χ0) is 9.84. The molecule has 13 heavy (non-hydrogen) atoms. The van der Waals surface area contributed by atoms with E-state index in [0.717, 1.165) is 12.1 Å². The largest absolute Gasteiger partial charge is 0.328 e. The van der Waals surface area contributed by atoms with Gasteiger partial charge in [0.25, 0.3) is 0 Å². The van der Waals surface area contributed by atoms with Crippen molar-refractivity contribution >= 4 is 0 Å². The van der Waals surface area contributed by atoms with Gasteiger partial charge in [0.1, 0.15) is 0 Å². The molecule has 0 aliphatic carbocycles. The summed E-state index contributed by atoms with van der Waals surface area (Å²) in [7, 11) is 0. The van der Waals surface area contributed by atoms with Crippen molar-refractivity contribution in [1.82, 2.24) is 4.98 Å². The number of pyridine rings is 1. The minimum absolute atomic E-state index is 0.260. The minimum Gasteiger partial charge on any atom is -0.328 e. The molecule has 0 bridgehead atoms. The lowest BCUT2D eigenvalue weighted by atomic mass is 9.96. The molecule has 0 radical (unpaired) electrons. The first-order chi connectivity index (χ1) is 6.09. The molecule has 0 spiro atoms. The van der Waals surface area contributed by atoms with Crippen LogP contribution in [0.2, 0.25) is 0 Å². The van der Waals surface area contributed by atoms with Crippen LogP contribution in [0.3, 0.4) is 0 Å². The third-order valence-corrected chi connectivity index (χ3v) is 2.23. The van der Waals surface area contributed by atoms with Gasteiger partial charge in [-0.15, -0.1) is 0 Å². The van der Waals surface area contributed by atoms with Gasteiger partial charge in [-0.3, -0.25) is 4.98 Å². The topological polar surface area (TPSA) is 38.9 Å². The Morgan fingerprint density at radius 2 is 2.08 bits per heavy atom. The molecule has 0 aliphatic heterocycles. The molecule has 0 saturated carbocycles. The summed E-state index contributed by atoms with van der Waals surface area (Å²) in [6.07, 6.45) is 2.97. The summed E-state index contributed by atoms with van der Waals surface area (Å²) in [5.41, 5.74) is 8.09. The normalized spacial score (nSPS) is 15.4. The summed E-state index contributed by atoms with van der Waals surface area (Å²) in [6.45, 7) is 6.23. The van der Waals surface area contributed by atoms with Crippen molar-refractivity contribution in [2.24, 2.45) is 5.73 Å². The summed E-state index contributed by atoms with van der Waals surface area (Å²) in [4.78, 5) is 4.27. The second kappa shape index (κ2) is 4.38. The van der Waals surface area contributed by atoms with Gasteiger partial charge in [-0.2, -0.15) is 0 Å². The van der Waals surface area contributed by atoms with Crippen LogP contribution in [-0.2, 0) is 0 Å². The van der Waals surface area contributed by atoms with Crippen LogP contribution in [0.5, 0.6) is 0 Å². The van der Waals surface area contributed by atoms with Crippen LogP contribution in [0, 0.1) is 6.92 Å². The number of nitrogens with zero attached hydrogens (tertiary/aromatic N) is 1. The molecule has 1 rings (SSSR count). The van der Waals surface area contributed by atoms with Gasteiger partial charge in [-0.05, 0) is 37.8 Å².